The first-order chi connectivity index (χ1) is 13.3. The SMILES string of the molecule is CCc1nccn1CC(=O)NCc1cccnc1-n1cnc2ccccc21. The van der Waals surface area contributed by atoms with E-state index in [0.717, 1.165) is 34.7 Å². The highest BCUT2D eigenvalue weighted by molar-refractivity contribution is 5.77. The van der Waals surface area contributed by atoms with Gasteiger partial charge in [-0.3, -0.25) is 9.36 Å². The Kier molecular flexibility index (Phi) is 4.65. The Morgan fingerprint density at radius 2 is 1.96 bits per heavy atom. The molecule has 0 saturated heterocycles. The number of benzene rings is 1. The topological polar surface area (TPSA) is 77.6 Å². The van der Waals surface area contributed by atoms with Gasteiger partial charge >= 0.3 is 0 Å². The standard InChI is InChI=1S/C20H20N6O/c1-2-18-21-10-11-25(18)13-19(27)23-12-15-6-5-9-22-20(15)26-14-24-16-7-3-4-8-17(16)26/h3-11,14H,2,12-13H2,1H3,(H,23,27). The highest BCUT2D eigenvalue weighted by atomic mass is 16.1. The van der Waals surface area contributed by atoms with Crippen LogP contribution < -0.4 is 5.32 Å². The van der Waals surface area contributed by atoms with Crippen LogP contribution in [0.2, 0.25) is 0 Å². The normalized spacial score (nSPS) is 11.0. The number of aryl methyl sites for hydroxylation is 1. The Balaban J connectivity index is 1.53. The minimum atomic E-state index is -0.0620. The maximum atomic E-state index is 12.4. The fourth-order valence-corrected chi connectivity index (χ4v) is 3.12. The Bertz CT molecular complexity index is 1080. The third kappa shape index (κ3) is 3.44. The molecule has 0 radical (unpaired) electrons. The van der Waals surface area contributed by atoms with Gasteiger partial charge in [0.05, 0.1) is 11.0 Å². The summed E-state index contributed by atoms with van der Waals surface area (Å²) in [5, 5.41) is 2.98. The van der Waals surface area contributed by atoms with E-state index in [1.165, 1.54) is 0 Å². The molecule has 0 aliphatic rings. The second kappa shape index (κ2) is 7.41. The van der Waals surface area contributed by atoms with Gasteiger partial charge in [-0.25, -0.2) is 15.0 Å². The van der Waals surface area contributed by atoms with Gasteiger partial charge in [-0.1, -0.05) is 25.1 Å². The zero-order chi connectivity index (χ0) is 18.6. The smallest absolute Gasteiger partial charge is 0.240 e. The molecule has 0 atom stereocenters. The number of hydrogen-bond donors (Lipinski definition) is 1. The number of nitrogens with one attached hydrogen (secondary N) is 1. The highest BCUT2D eigenvalue weighted by Crippen LogP contribution is 2.19. The third-order valence-electron chi connectivity index (χ3n) is 4.46. The molecular weight excluding hydrogens is 340 g/mol. The van der Waals surface area contributed by atoms with Gasteiger partial charge in [-0.2, -0.15) is 0 Å². The molecular formula is C20H20N6O. The van der Waals surface area contributed by atoms with Gasteiger partial charge in [-0.15, -0.1) is 0 Å². The molecule has 0 aliphatic carbocycles. The number of amides is 1. The summed E-state index contributed by atoms with van der Waals surface area (Å²) in [6, 6.07) is 11.7. The molecule has 7 heteroatoms. The van der Waals surface area contributed by atoms with Crippen LogP contribution in [0.4, 0.5) is 0 Å². The summed E-state index contributed by atoms with van der Waals surface area (Å²) in [4.78, 5) is 25.5. The van der Waals surface area contributed by atoms with E-state index in [1.807, 2.05) is 58.7 Å². The molecule has 0 spiro atoms. The fourth-order valence-electron chi connectivity index (χ4n) is 3.12. The molecule has 27 heavy (non-hydrogen) atoms. The third-order valence-corrected chi connectivity index (χ3v) is 4.46. The van der Waals surface area contributed by atoms with E-state index in [-0.39, 0.29) is 12.5 Å². The van der Waals surface area contributed by atoms with Crippen molar-refractivity contribution in [3.8, 4) is 5.82 Å². The second-order valence-corrected chi connectivity index (χ2v) is 6.19. The molecule has 0 bridgehead atoms. The minimum absolute atomic E-state index is 0.0620. The van der Waals surface area contributed by atoms with Crippen molar-refractivity contribution in [1.82, 2.24) is 29.4 Å². The number of imidazole rings is 2. The van der Waals surface area contributed by atoms with Crippen molar-refractivity contribution in [2.45, 2.75) is 26.4 Å². The van der Waals surface area contributed by atoms with Crippen molar-refractivity contribution in [1.29, 1.82) is 0 Å². The van der Waals surface area contributed by atoms with Gasteiger partial charge in [0.15, 0.2) is 0 Å². The number of hydrogen-bond acceptors (Lipinski definition) is 4. The molecule has 1 amide bonds. The van der Waals surface area contributed by atoms with E-state index < -0.39 is 0 Å². The molecule has 7 nitrogen and oxygen atoms in total. The van der Waals surface area contributed by atoms with E-state index in [1.54, 1.807) is 18.7 Å². The average Bonchev–Trinajstić information content (AvgIpc) is 3.33. The largest absolute Gasteiger partial charge is 0.350 e. The molecule has 3 aromatic heterocycles. The van der Waals surface area contributed by atoms with Crippen LogP contribution in [0.3, 0.4) is 0 Å². The van der Waals surface area contributed by atoms with E-state index in [9.17, 15) is 4.79 Å². The van der Waals surface area contributed by atoms with Crippen molar-refractivity contribution in [3.63, 3.8) is 0 Å². The number of nitrogens with zero attached hydrogens (tertiary/aromatic N) is 5. The number of carbonyl (C=O) groups excluding carboxylic acids is 1. The van der Waals surface area contributed by atoms with Gasteiger partial charge in [0.1, 0.15) is 24.5 Å². The number of carbonyl (C=O) groups is 1. The molecule has 0 saturated carbocycles. The lowest BCUT2D eigenvalue weighted by atomic mass is 10.2. The fraction of sp³-hybridized carbons (Fsp3) is 0.200. The zero-order valence-electron chi connectivity index (χ0n) is 15.0. The number of pyridine rings is 1. The lowest BCUT2D eigenvalue weighted by Crippen LogP contribution is -2.28. The van der Waals surface area contributed by atoms with Crippen LogP contribution in [-0.4, -0.2) is 30.0 Å². The summed E-state index contributed by atoms with van der Waals surface area (Å²) >= 11 is 0. The Hall–Kier alpha value is -3.48. The Morgan fingerprint density at radius 3 is 2.85 bits per heavy atom. The molecule has 4 rings (SSSR count). The van der Waals surface area contributed by atoms with Crippen LogP contribution in [0.5, 0.6) is 0 Å². The molecule has 0 unspecified atom stereocenters. The maximum Gasteiger partial charge on any atom is 0.240 e. The predicted octanol–water partition coefficient (Wildman–Crippen LogP) is 2.50. The van der Waals surface area contributed by atoms with E-state index >= 15 is 0 Å². The Labute approximate surface area is 156 Å². The van der Waals surface area contributed by atoms with Crippen LogP contribution in [0.25, 0.3) is 16.9 Å². The minimum Gasteiger partial charge on any atom is -0.350 e. The lowest BCUT2D eigenvalue weighted by molar-refractivity contribution is -0.121. The van der Waals surface area contributed by atoms with Crippen LogP contribution >= 0.6 is 0 Å². The summed E-state index contributed by atoms with van der Waals surface area (Å²) in [6.07, 6.45) is 7.84. The zero-order valence-corrected chi connectivity index (χ0v) is 15.0. The van der Waals surface area contributed by atoms with Crippen molar-refractivity contribution < 1.29 is 4.79 Å². The first-order valence-electron chi connectivity index (χ1n) is 8.89. The summed E-state index contributed by atoms with van der Waals surface area (Å²) in [5.41, 5.74) is 2.82. The Morgan fingerprint density at radius 1 is 1.07 bits per heavy atom. The van der Waals surface area contributed by atoms with Gasteiger partial charge in [-0.05, 0) is 18.2 Å². The maximum absolute atomic E-state index is 12.4. The molecule has 0 aliphatic heterocycles. The highest BCUT2D eigenvalue weighted by Gasteiger charge is 2.11. The number of para-hydroxylation sites is 2. The first-order valence-corrected chi connectivity index (χ1v) is 8.89. The molecule has 136 valence electrons. The second-order valence-electron chi connectivity index (χ2n) is 6.19. The van der Waals surface area contributed by atoms with E-state index in [0.29, 0.717) is 6.54 Å². The molecule has 0 fully saturated rings. The summed E-state index contributed by atoms with van der Waals surface area (Å²) in [7, 11) is 0. The van der Waals surface area contributed by atoms with Gasteiger partial charge in [0, 0.05) is 37.1 Å². The van der Waals surface area contributed by atoms with Crippen LogP contribution in [-0.2, 0) is 24.3 Å². The van der Waals surface area contributed by atoms with Crippen LogP contribution in [0.15, 0.2) is 61.3 Å². The first kappa shape index (κ1) is 17.0. The average molecular weight is 360 g/mol. The number of rotatable bonds is 6. The summed E-state index contributed by atoms with van der Waals surface area (Å²) < 4.78 is 3.81. The molecule has 1 aromatic carbocycles. The van der Waals surface area contributed by atoms with E-state index in [2.05, 4.69) is 20.3 Å². The number of fused-ring (bicyclic) bond motifs is 1. The number of aromatic nitrogens is 5. The summed E-state index contributed by atoms with van der Waals surface area (Å²) in [5.74, 6) is 1.61. The summed E-state index contributed by atoms with van der Waals surface area (Å²) in [6.45, 7) is 2.67. The van der Waals surface area contributed by atoms with Gasteiger partial charge in [0.2, 0.25) is 5.91 Å². The monoisotopic (exact) mass is 360 g/mol. The lowest BCUT2D eigenvalue weighted by Gasteiger charge is -2.12. The van der Waals surface area contributed by atoms with Crippen molar-refractivity contribution >= 4 is 16.9 Å². The molecule has 3 heterocycles. The van der Waals surface area contributed by atoms with Crippen LogP contribution in [0, 0.1) is 0 Å². The van der Waals surface area contributed by atoms with Crippen molar-refractivity contribution in [2.24, 2.45) is 0 Å². The van der Waals surface area contributed by atoms with Crippen molar-refractivity contribution in [2.75, 3.05) is 0 Å². The molecule has 4 aromatic rings. The van der Waals surface area contributed by atoms with Crippen molar-refractivity contribution in [3.05, 3.63) is 72.7 Å². The predicted molar refractivity (Wildman–Crippen MR) is 102 cm³/mol. The molecule has 1 N–H and O–H groups in total. The van der Waals surface area contributed by atoms with Gasteiger partial charge < -0.3 is 9.88 Å². The quantitative estimate of drug-likeness (QED) is 0.573. The van der Waals surface area contributed by atoms with E-state index in [4.69, 9.17) is 0 Å². The van der Waals surface area contributed by atoms with Gasteiger partial charge in [0.25, 0.3) is 0 Å². The van der Waals surface area contributed by atoms with Crippen LogP contribution in [0.1, 0.15) is 18.3 Å².